The Labute approximate surface area is 107 Å². The number of nitrogens with two attached hydrogens (primary N) is 2. The highest BCUT2D eigenvalue weighted by Gasteiger charge is 2.36. The van der Waals surface area contributed by atoms with Crippen molar-refractivity contribution >= 4 is 21.8 Å². The van der Waals surface area contributed by atoms with Gasteiger partial charge in [-0.25, -0.2) is 8.42 Å². The van der Waals surface area contributed by atoms with Gasteiger partial charge < -0.3 is 11.5 Å². The second-order valence-electron chi connectivity index (χ2n) is 4.48. The summed E-state index contributed by atoms with van der Waals surface area (Å²) >= 11 is 0. The average molecular weight is 276 g/mol. The molecule has 7 nitrogen and oxygen atoms in total. The fraction of sp³-hybridized carbons (Fsp3) is 0.700. The fourth-order valence-electron chi connectivity index (χ4n) is 2.12. The Bertz CT molecular complexity index is 434. The molecule has 18 heavy (non-hydrogen) atoms. The van der Waals surface area contributed by atoms with Gasteiger partial charge in [-0.2, -0.15) is 4.31 Å². The van der Waals surface area contributed by atoms with Crippen LogP contribution in [-0.4, -0.2) is 43.4 Å². The van der Waals surface area contributed by atoms with Crippen LogP contribution in [0.25, 0.3) is 0 Å². The molecular formula is C10H18N3O4S. The molecule has 0 bridgehead atoms. The van der Waals surface area contributed by atoms with Gasteiger partial charge in [0.25, 0.3) is 0 Å². The van der Waals surface area contributed by atoms with E-state index in [1.165, 1.54) is 0 Å². The molecule has 0 spiro atoms. The molecule has 8 heteroatoms. The number of piperidine rings is 1. The molecule has 0 aromatic heterocycles. The molecule has 0 aliphatic carbocycles. The van der Waals surface area contributed by atoms with Crippen LogP contribution in [0.4, 0.5) is 0 Å². The molecule has 1 heterocycles. The van der Waals surface area contributed by atoms with Crippen LogP contribution in [-0.2, 0) is 19.6 Å². The molecule has 1 aliphatic heterocycles. The van der Waals surface area contributed by atoms with Gasteiger partial charge in [-0.05, 0) is 25.2 Å². The van der Waals surface area contributed by atoms with E-state index in [0.29, 0.717) is 12.8 Å². The molecule has 0 aromatic carbocycles. The van der Waals surface area contributed by atoms with Gasteiger partial charge in [0, 0.05) is 13.0 Å². The third-order valence-corrected chi connectivity index (χ3v) is 4.29. The highest BCUT2D eigenvalue weighted by Crippen LogP contribution is 2.27. The lowest BCUT2D eigenvalue weighted by molar-refractivity contribution is -0.122. The number of carbonyl (C=O) groups is 2. The zero-order chi connectivity index (χ0) is 13.9. The van der Waals surface area contributed by atoms with Crippen LogP contribution >= 0.6 is 0 Å². The predicted molar refractivity (Wildman–Crippen MR) is 65.4 cm³/mol. The minimum Gasteiger partial charge on any atom is -0.370 e. The van der Waals surface area contributed by atoms with Crippen molar-refractivity contribution in [3.63, 3.8) is 0 Å². The van der Waals surface area contributed by atoms with Crippen molar-refractivity contribution < 1.29 is 18.0 Å². The van der Waals surface area contributed by atoms with Crippen LogP contribution in [0.2, 0.25) is 0 Å². The van der Waals surface area contributed by atoms with Crippen molar-refractivity contribution in [1.82, 2.24) is 4.31 Å². The molecule has 1 radical (unpaired) electrons. The number of hydrogen-bond acceptors (Lipinski definition) is 4. The Morgan fingerprint density at radius 2 is 2.00 bits per heavy atom. The SMILES string of the molecule is CS(=O)(=O)N1CC[C@H]([CH]CC(N)=O)C[C@@H]1C(N)=O. The molecule has 1 saturated heterocycles. The maximum atomic E-state index is 11.5. The van der Waals surface area contributed by atoms with E-state index in [1.807, 2.05) is 0 Å². The van der Waals surface area contributed by atoms with Crippen LogP contribution in [0.3, 0.4) is 0 Å². The van der Waals surface area contributed by atoms with E-state index in [2.05, 4.69) is 0 Å². The van der Waals surface area contributed by atoms with Gasteiger partial charge in [0.15, 0.2) is 0 Å². The maximum Gasteiger partial charge on any atom is 0.235 e. The summed E-state index contributed by atoms with van der Waals surface area (Å²) < 4.78 is 24.1. The Balaban J connectivity index is 2.71. The van der Waals surface area contributed by atoms with E-state index < -0.39 is 27.9 Å². The molecule has 0 unspecified atom stereocenters. The Hall–Kier alpha value is -1.15. The van der Waals surface area contributed by atoms with Crippen molar-refractivity contribution in [2.24, 2.45) is 17.4 Å². The lowest BCUT2D eigenvalue weighted by atomic mass is 9.88. The maximum absolute atomic E-state index is 11.5. The van der Waals surface area contributed by atoms with Crippen LogP contribution in [0.1, 0.15) is 19.3 Å². The number of rotatable bonds is 5. The summed E-state index contributed by atoms with van der Waals surface area (Å²) in [4.78, 5) is 22.0. The van der Waals surface area contributed by atoms with Crippen LogP contribution < -0.4 is 11.5 Å². The van der Waals surface area contributed by atoms with Gasteiger partial charge in [-0.3, -0.25) is 9.59 Å². The number of carbonyl (C=O) groups excluding carboxylic acids is 2. The summed E-state index contributed by atoms with van der Waals surface area (Å²) in [7, 11) is -3.45. The average Bonchev–Trinajstić information content (AvgIpc) is 2.24. The molecule has 2 atom stereocenters. The first kappa shape index (κ1) is 14.9. The number of primary amides is 2. The second kappa shape index (κ2) is 5.66. The van der Waals surface area contributed by atoms with Crippen molar-refractivity contribution in [2.75, 3.05) is 12.8 Å². The standard InChI is InChI=1S/C10H18N3O4S/c1-18(16,17)13-5-4-7(2-3-9(11)14)6-8(13)10(12)15/h2,7-8H,3-6H2,1H3,(H2,11,14)(H2,12,15)/t7-,8+/m0/s1. The van der Waals surface area contributed by atoms with Gasteiger partial charge in [0.05, 0.1) is 6.26 Å². The summed E-state index contributed by atoms with van der Waals surface area (Å²) in [6.45, 7) is 0.229. The quantitative estimate of drug-likeness (QED) is 0.640. The van der Waals surface area contributed by atoms with Crippen LogP contribution in [0.15, 0.2) is 0 Å². The number of hydrogen-bond donors (Lipinski definition) is 2. The van der Waals surface area contributed by atoms with Crippen molar-refractivity contribution in [2.45, 2.75) is 25.3 Å². The zero-order valence-corrected chi connectivity index (χ0v) is 11.0. The largest absolute Gasteiger partial charge is 0.370 e. The monoisotopic (exact) mass is 276 g/mol. The molecule has 2 amide bonds. The van der Waals surface area contributed by atoms with E-state index in [0.717, 1.165) is 10.6 Å². The second-order valence-corrected chi connectivity index (χ2v) is 6.42. The van der Waals surface area contributed by atoms with E-state index >= 15 is 0 Å². The zero-order valence-electron chi connectivity index (χ0n) is 10.2. The van der Waals surface area contributed by atoms with Crippen LogP contribution in [0, 0.1) is 12.3 Å². The minimum absolute atomic E-state index is 0.0204. The molecule has 0 saturated carbocycles. The number of amides is 2. The first-order valence-electron chi connectivity index (χ1n) is 5.59. The van der Waals surface area contributed by atoms with Gasteiger partial charge in [-0.15, -0.1) is 0 Å². The molecular weight excluding hydrogens is 258 g/mol. The summed E-state index contributed by atoms with van der Waals surface area (Å²) in [5, 5.41) is 0. The molecule has 0 aromatic rings. The summed E-state index contributed by atoms with van der Waals surface area (Å²) in [5.41, 5.74) is 10.3. The lowest BCUT2D eigenvalue weighted by Crippen LogP contribution is -2.52. The van der Waals surface area contributed by atoms with Crippen molar-refractivity contribution in [3.8, 4) is 0 Å². The molecule has 1 rings (SSSR count). The Kier molecular flexibility index (Phi) is 4.69. The molecule has 4 N–H and O–H groups in total. The number of sulfonamides is 1. The van der Waals surface area contributed by atoms with E-state index in [-0.39, 0.29) is 18.9 Å². The Morgan fingerprint density at radius 3 is 2.44 bits per heavy atom. The Morgan fingerprint density at radius 1 is 1.39 bits per heavy atom. The highest BCUT2D eigenvalue weighted by atomic mass is 32.2. The fourth-order valence-corrected chi connectivity index (χ4v) is 3.21. The van der Waals surface area contributed by atoms with Crippen LogP contribution in [0.5, 0.6) is 0 Å². The van der Waals surface area contributed by atoms with Gasteiger partial charge in [-0.1, -0.05) is 0 Å². The van der Waals surface area contributed by atoms with Crippen molar-refractivity contribution in [3.05, 3.63) is 6.42 Å². The van der Waals surface area contributed by atoms with E-state index in [4.69, 9.17) is 11.5 Å². The van der Waals surface area contributed by atoms with Crippen molar-refractivity contribution in [1.29, 1.82) is 0 Å². The molecule has 1 fully saturated rings. The topological polar surface area (TPSA) is 124 Å². The minimum atomic E-state index is -3.45. The smallest absolute Gasteiger partial charge is 0.235 e. The number of nitrogens with zero attached hydrogens (tertiary/aromatic N) is 1. The van der Waals surface area contributed by atoms with Gasteiger partial charge >= 0.3 is 0 Å². The first-order chi connectivity index (χ1) is 8.21. The summed E-state index contributed by atoms with van der Waals surface area (Å²) in [6, 6.07) is -0.845. The summed E-state index contributed by atoms with van der Waals surface area (Å²) in [6.07, 6.45) is 3.75. The third-order valence-electron chi connectivity index (χ3n) is 3.00. The first-order valence-corrected chi connectivity index (χ1v) is 7.44. The lowest BCUT2D eigenvalue weighted by Gasteiger charge is -2.35. The summed E-state index contributed by atoms with van der Waals surface area (Å²) in [5.74, 6) is -1.14. The molecule has 103 valence electrons. The van der Waals surface area contributed by atoms with E-state index in [9.17, 15) is 18.0 Å². The van der Waals surface area contributed by atoms with Gasteiger partial charge in [0.2, 0.25) is 21.8 Å². The van der Waals surface area contributed by atoms with Gasteiger partial charge in [0.1, 0.15) is 6.04 Å². The normalized spacial score (nSPS) is 25.8. The van der Waals surface area contributed by atoms with E-state index in [1.54, 1.807) is 6.42 Å². The predicted octanol–water partition coefficient (Wildman–Crippen LogP) is -1.41. The third kappa shape index (κ3) is 3.95. The highest BCUT2D eigenvalue weighted by molar-refractivity contribution is 7.88. The molecule has 1 aliphatic rings.